The molecule has 4 nitrogen and oxygen atoms in total. The lowest BCUT2D eigenvalue weighted by Crippen LogP contribution is -2.19. The van der Waals surface area contributed by atoms with E-state index in [2.05, 4.69) is 207 Å². The van der Waals surface area contributed by atoms with Crippen molar-refractivity contribution in [3.8, 4) is 5.75 Å². The van der Waals surface area contributed by atoms with Crippen molar-refractivity contribution in [1.29, 1.82) is 0 Å². The predicted molar refractivity (Wildman–Crippen MR) is 289 cm³/mol. The van der Waals surface area contributed by atoms with Crippen LogP contribution in [0.3, 0.4) is 0 Å². The zero-order valence-corrected chi connectivity index (χ0v) is 40.1. The van der Waals surface area contributed by atoms with Crippen molar-refractivity contribution in [2.45, 2.75) is 91.4 Å². The summed E-state index contributed by atoms with van der Waals surface area (Å²) in [6.07, 6.45) is 12.5. The zero-order chi connectivity index (χ0) is 46.3. The summed E-state index contributed by atoms with van der Waals surface area (Å²) >= 11 is 0. The average Bonchev–Trinajstić information content (AvgIpc) is 4.18. The van der Waals surface area contributed by atoms with Gasteiger partial charge >= 0.3 is 0 Å². The summed E-state index contributed by atoms with van der Waals surface area (Å²) < 4.78 is 13.5. The lowest BCUT2D eigenvalue weighted by molar-refractivity contribution is 0.440. The first kappa shape index (κ1) is 43.3. The molecule has 0 radical (unpaired) electrons. The normalized spacial score (nSPS) is 14.7. The van der Waals surface area contributed by atoms with E-state index < -0.39 is 0 Å². The molecule has 10 aromatic rings. The van der Waals surface area contributed by atoms with Crippen molar-refractivity contribution in [2.24, 2.45) is 0 Å². The van der Waals surface area contributed by atoms with E-state index in [0.717, 1.165) is 86.8 Å². The number of furan rings is 1. The van der Waals surface area contributed by atoms with Gasteiger partial charge in [0.15, 0.2) is 5.58 Å². The smallest absolute Gasteiger partial charge is 0.159 e. The van der Waals surface area contributed by atoms with E-state index in [1.807, 2.05) is 13.8 Å². The highest BCUT2D eigenvalue weighted by Crippen LogP contribution is 2.50. The number of hydrogen-bond donors (Lipinski definition) is 0. The lowest BCUT2D eigenvalue weighted by Gasteiger charge is -2.30. The van der Waals surface area contributed by atoms with Gasteiger partial charge < -0.3 is 19.0 Å². The van der Waals surface area contributed by atoms with Crippen LogP contribution in [0.1, 0.15) is 102 Å². The van der Waals surface area contributed by atoms with Crippen LogP contribution in [0.25, 0.3) is 54.3 Å². The van der Waals surface area contributed by atoms with Gasteiger partial charge in [-0.05, 0) is 138 Å². The predicted octanol–water partition coefficient (Wildman–Crippen LogP) is 19.1. The molecule has 68 heavy (non-hydrogen) atoms. The molecular formula is C64H60N2O2. The SMILES string of the molecule is C/C=C\C(=C1/Cc2ccccc2O1)N(c1ccc(C2CCCC2)cc1)c1ccc2ccc3c(N(c4ccc(C(CC)CC)cc4)c4cccc5c4oc4ccccc45)ccc4ccc1c2c43.CC. The Hall–Kier alpha value is -7.30. The van der Waals surface area contributed by atoms with Crippen molar-refractivity contribution in [2.75, 3.05) is 9.80 Å². The fraction of sp³-hybridized carbons (Fsp3) is 0.219. The first-order valence-corrected chi connectivity index (χ1v) is 25.1. The fourth-order valence-electron chi connectivity index (χ4n) is 11.4. The molecule has 1 aliphatic heterocycles. The highest BCUT2D eigenvalue weighted by Gasteiger charge is 2.28. The summed E-state index contributed by atoms with van der Waals surface area (Å²) in [5.74, 6) is 3.05. The Morgan fingerprint density at radius 2 is 1.24 bits per heavy atom. The monoisotopic (exact) mass is 888 g/mol. The molecule has 0 atom stereocenters. The Bertz CT molecular complexity index is 3450. The van der Waals surface area contributed by atoms with E-state index >= 15 is 0 Å². The molecule has 0 bridgehead atoms. The summed E-state index contributed by atoms with van der Waals surface area (Å²) in [5, 5.41) is 9.55. The Morgan fingerprint density at radius 3 is 1.94 bits per heavy atom. The number of rotatable bonds is 11. The highest BCUT2D eigenvalue weighted by molar-refractivity contribution is 6.28. The van der Waals surface area contributed by atoms with Crippen LogP contribution in [0.15, 0.2) is 192 Å². The molecule has 0 amide bonds. The largest absolute Gasteiger partial charge is 0.459 e. The molecule has 1 fully saturated rings. The second-order valence-corrected chi connectivity index (χ2v) is 18.4. The maximum atomic E-state index is 6.79. The maximum absolute atomic E-state index is 6.79. The number of benzene rings is 9. The Balaban J connectivity index is 0.00000250. The first-order chi connectivity index (χ1) is 33.6. The van der Waals surface area contributed by atoms with Gasteiger partial charge in [-0.3, -0.25) is 0 Å². The molecule has 0 unspecified atom stereocenters. The van der Waals surface area contributed by atoms with Gasteiger partial charge in [-0.2, -0.15) is 0 Å². The molecule has 1 aromatic heterocycles. The van der Waals surface area contributed by atoms with Crippen molar-refractivity contribution in [3.63, 3.8) is 0 Å². The van der Waals surface area contributed by atoms with Crippen LogP contribution in [0.4, 0.5) is 28.4 Å². The van der Waals surface area contributed by atoms with Crippen LogP contribution in [0, 0.1) is 0 Å². The molecule has 12 rings (SSSR count). The summed E-state index contributed by atoms with van der Waals surface area (Å²) in [6.45, 7) is 10.7. The average molecular weight is 889 g/mol. The lowest BCUT2D eigenvalue weighted by atomic mass is 9.91. The van der Waals surface area contributed by atoms with Crippen LogP contribution < -0.4 is 14.5 Å². The Kier molecular flexibility index (Phi) is 11.7. The van der Waals surface area contributed by atoms with E-state index in [0.29, 0.717) is 11.8 Å². The third-order valence-electron chi connectivity index (χ3n) is 14.7. The number of para-hydroxylation sites is 3. The van der Waals surface area contributed by atoms with Crippen molar-refractivity contribution in [3.05, 3.63) is 204 Å². The number of fused-ring (bicyclic) bond motifs is 4. The summed E-state index contributed by atoms with van der Waals surface area (Å²) in [7, 11) is 0. The van der Waals surface area contributed by atoms with Gasteiger partial charge in [0.2, 0.25) is 0 Å². The van der Waals surface area contributed by atoms with E-state index in [-0.39, 0.29) is 0 Å². The van der Waals surface area contributed by atoms with Crippen LogP contribution >= 0.6 is 0 Å². The zero-order valence-electron chi connectivity index (χ0n) is 40.1. The highest BCUT2D eigenvalue weighted by atomic mass is 16.5. The van der Waals surface area contributed by atoms with Gasteiger partial charge in [0, 0.05) is 44.9 Å². The van der Waals surface area contributed by atoms with Crippen LogP contribution in [0.2, 0.25) is 0 Å². The topological polar surface area (TPSA) is 28.9 Å². The van der Waals surface area contributed by atoms with Gasteiger partial charge in [-0.15, -0.1) is 0 Å². The fourth-order valence-corrected chi connectivity index (χ4v) is 11.4. The maximum Gasteiger partial charge on any atom is 0.159 e. The molecule has 0 N–H and O–H groups in total. The van der Waals surface area contributed by atoms with Crippen molar-refractivity contribution < 1.29 is 9.15 Å². The Morgan fingerprint density at radius 1 is 0.603 bits per heavy atom. The second-order valence-electron chi connectivity index (χ2n) is 18.4. The van der Waals surface area contributed by atoms with Gasteiger partial charge in [0.1, 0.15) is 17.1 Å². The van der Waals surface area contributed by atoms with Gasteiger partial charge in [-0.25, -0.2) is 0 Å². The number of allylic oxidation sites excluding steroid dienone is 3. The summed E-state index contributed by atoms with van der Waals surface area (Å²) in [4.78, 5) is 4.87. The van der Waals surface area contributed by atoms with Crippen LogP contribution in [-0.2, 0) is 6.42 Å². The summed E-state index contributed by atoms with van der Waals surface area (Å²) in [5.41, 5.74) is 12.3. The minimum absolute atomic E-state index is 0.527. The molecule has 1 aliphatic carbocycles. The van der Waals surface area contributed by atoms with Crippen molar-refractivity contribution >= 4 is 82.7 Å². The van der Waals surface area contributed by atoms with Crippen LogP contribution in [-0.4, -0.2) is 0 Å². The van der Waals surface area contributed by atoms with Gasteiger partial charge in [-0.1, -0.05) is 156 Å². The minimum Gasteiger partial charge on any atom is -0.459 e. The molecule has 0 spiro atoms. The number of nitrogens with zero attached hydrogens (tertiary/aromatic N) is 2. The molecular weight excluding hydrogens is 829 g/mol. The first-order valence-electron chi connectivity index (χ1n) is 25.1. The second kappa shape index (κ2) is 18.4. The molecule has 1 saturated carbocycles. The van der Waals surface area contributed by atoms with E-state index in [1.165, 1.54) is 74.7 Å². The Labute approximate surface area is 401 Å². The molecule has 338 valence electrons. The molecule has 9 aromatic carbocycles. The number of anilines is 5. The van der Waals surface area contributed by atoms with Crippen LogP contribution in [0.5, 0.6) is 5.75 Å². The third-order valence-corrected chi connectivity index (χ3v) is 14.7. The number of ether oxygens (including phenoxy) is 1. The minimum atomic E-state index is 0.527. The van der Waals surface area contributed by atoms with E-state index in [9.17, 15) is 0 Å². The summed E-state index contributed by atoms with van der Waals surface area (Å²) in [6, 6.07) is 60.6. The number of hydrogen-bond acceptors (Lipinski definition) is 4. The quantitative estimate of drug-likeness (QED) is 0.121. The van der Waals surface area contributed by atoms with E-state index in [4.69, 9.17) is 9.15 Å². The van der Waals surface area contributed by atoms with Gasteiger partial charge in [0.25, 0.3) is 0 Å². The molecule has 2 heterocycles. The van der Waals surface area contributed by atoms with Gasteiger partial charge in [0.05, 0.1) is 22.8 Å². The molecule has 4 heteroatoms. The third kappa shape index (κ3) is 7.38. The standard InChI is InChI=1S/C62H54N2O2.C2H6/c1-4-14-55(59-39-46-17-9-11-21-57(46)65-59)63(47-33-25-43(26-34-47)41-15-7-8-16-41)53-37-29-44-28-36-52-54(38-30-45-27-35-51(53)60(44)61(45)52)64(48-31-23-42(24-32-48)40(5-2)6-3)56-20-13-19-50-49-18-10-12-22-58(49)66-62(50)56;1-2/h4,9-14,17-38,40-41H,5-8,15-16,39H2,1-3H3;1-2H3/b14-4-,59-55-;. The molecule has 0 saturated heterocycles. The van der Waals surface area contributed by atoms with E-state index in [1.54, 1.807) is 0 Å². The van der Waals surface area contributed by atoms with Crippen molar-refractivity contribution in [1.82, 2.24) is 0 Å². The molecule has 2 aliphatic rings.